The molecule has 0 fully saturated rings. The van der Waals surface area contributed by atoms with Crippen molar-refractivity contribution in [2.45, 2.75) is 69.9 Å². The third-order valence-electron chi connectivity index (χ3n) is 7.41. The van der Waals surface area contributed by atoms with Gasteiger partial charge in [-0.1, -0.05) is 57.3 Å². The van der Waals surface area contributed by atoms with Gasteiger partial charge in [0.05, 0.1) is 0 Å². The fourth-order valence-corrected chi connectivity index (χ4v) is 6.45. The number of hydrogen-bond donors (Lipinski definition) is 0. The molecule has 1 heterocycles. The van der Waals surface area contributed by atoms with Gasteiger partial charge in [-0.25, -0.2) is 0 Å². The van der Waals surface area contributed by atoms with Gasteiger partial charge in [0, 0.05) is 15.2 Å². The molecule has 1 aliphatic heterocycles. The van der Waals surface area contributed by atoms with E-state index in [0.29, 0.717) is 12.0 Å². The summed E-state index contributed by atoms with van der Waals surface area (Å²) in [6.07, 6.45) is 6.05. The normalized spacial score (nSPS) is 14.5. The van der Waals surface area contributed by atoms with Crippen LogP contribution in [0.5, 0.6) is 11.5 Å². The molecule has 1 aliphatic rings. The second-order valence-corrected chi connectivity index (χ2v) is 11.9. The Balaban J connectivity index is 1.44. The van der Waals surface area contributed by atoms with Crippen LogP contribution in [-0.4, -0.2) is 36.6 Å². The summed E-state index contributed by atoms with van der Waals surface area (Å²) in [6, 6.07) is 17.2. The maximum Gasteiger partial charge on any atom is 0.231 e. The van der Waals surface area contributed by atoms with Gasteiger partial charge in [0.25, 0.3) is 0 Å². The van der Waals surface area contributed by atoms with Crippen LogP contribution in [0.25, 0.3) is 10.8 Å². The van der Waals surface area contributed by atoms with Crippen molar-refractivity contribution in [2.75, 3.05) is 26.4 Å². The predicted octanol–water partition coefficient (Wildman–Crippen LogP) is 8.77. The number of benzene rings is 3. The first kappa shape index (κ1) is 27.2. The fraction of sp³-hybridized carbons (Fsp3) is 0.484. The van der Waals surface area contributed by atoms with Crippen LogP contribution in [0.2, 0.25) is 5.02 Å². The van der Waals surface area contributed by atoms with Crippen LogP contribution in [0.3, 0.4) is 0 Å². The first-order valence-corrected chi connectivity index (χ1v) is 14.7. The van der Waals surface area contributed by atoms with Crippen LogP contribution in [0, 0.1) is 12.8 Å². The summed E-state index contributed by atoms with van der Waals surface area (Å²) in [5.74, 6) is 2.51. The summed E-state index contributed by atoms with van der Waals surface area (Å²) < 4.78 is 11.3. The molecule has 0 radical (unpaired) electrons. The lowest BCUT2D eigenvalue weighted by atomic mass is 9.96. The lowest BCUT2D eigenvalue weighted by Crippen LogP contribution is -2.25. The highest BCUT2D eigenvalue weighted by Crippen LogP contribution is 2.38. The summed E-state index contributed by atoms with van der Waals surface area (Å²) in [6.45, 7) is 13.0. The molecule has 4 rings (SSSR count). The molecule has 0 aliphatic carbocycles. The molecule has 36 heavy (non-hydrogen) atoms. The Morgan fingerprint density at radius 2 is 1.64 bits per heavy atom. The predicted molar refractivity (Wildman–Crippen MR) is 155 cm³/mol. The van der Waals surface area contributed by atoms with Gasteiger partial charge in [0.2, 0.25) is 6.79 Å². The van der Waals surface area contributed by atoms with Crippen molar-refractivity contribution < 1.29 is 9.47 Å². The number of hydrogen-bond acceptors (Lipinski definition) is 4. The number of halogens is 1. The van der Waals surface area contributed by atoms with E-state index in [1.54, 1.807) is 0 Å². The van der Waals surface area contributed by atoms with Crippen molar-refractivity contribution in [3.8, 4) is 11.5 Å². The van der Waals surface area contributed by atoms with Crippen molar-refractivity contribution in [2.24, 2.45) is 5.92 Å². The Morgan fingerprint density at radius 1 is 0.917 bits per heavy atom. The molecule has 0 N–H and O–H groups in total. The third-order valence-corrected chi connectivity index (χ3v) is 8.91. The van der Waals surface area contributed by atoms with E-state index in [4.69, 9.17) is 21.1 Å². The topological polar surface area (TPSA) is 21.7 Å². The molecule has 0 bridgehead atoms. The first-order valence-electron chi connectivity index (χ1n) is 13.4. The van der Waals surface area contributed by atoms with Crippen LogP contribution >= 0.6 is 23.4 Å². The molecule has 0 saturated heterocycles. The zero-order valence-corrected chi connectivity index (χ0v) is 23.8. The van der Waals surface area contributed by atoms with Gasteiger partial charge in [-0.3, -0.25) is 0 Å². The number of ether oxygens (including phenoxy) is 2. The number of rotatable bonds is 13. The average Bonchev–Trinajstić information content (AvgIpc) is 3.32. The lowest BCUT2D eigenvalue weighted by Gasteiger charge is -2.22. The van der Waals surface area contributed by atoms with Crippen LogP contribution in [0.15, 0.2) is 53.4 Å². The molecule has 3 aromatic carbocycles. The smallest absolute Gasteiger partial charge is 0.231 e. The standard InChI is InChI=1S/C31H40ClNO2S/c1-5-33(6-2)15-14-22(3)8-7-9-28(19-26-20-31-30(16-23(26)4)34-21-35-31)36-29-13-11-24-17-27(32)12-10-25(24)18-29/h10-13,16-18,20,22,28H,5-9,14-15,19,21H2,1-4H3. The lowest BCUT2D eigenvalue weighted by molar-refractivity contribution is 0.174. The summed E-state index contributed by atoms with van der Waals surface area (Å²) in [5.41, 5.74) is 2.64. The maximum absolute atomic E-state index is 6.20. The van der Waals surface area contributed by atoms with E-state index in [1.807, 2.05) is 23.9 Å². The second kappa shape index (κ2) is 13.1. The molecule has 0 spiro atoms. The molecule has 5 heteroatoms. The summed E-state index contributed by atoms with van der Waals surface area (Å²) in [5, 5.41) is 3.72. The van der Waals surface area contributed by atoms with E-state index in [0.717, 1.165) is 41.9 Å². The zero-order chi connectivity index (χ0) is 25.5. The van der Waals surface area contributed by atoms with E-state index in [1.165, 1.54) is 59.0 Å². The fourth-order valence-electron chi connectivity index (χ4n) is 5.00. The molecule has 3 nitrogen and oxygen atoms in total. The number of aryl methyl sites for hydroxylation is 1. The second-order valence-electron chi connectivity index (χ2n) is 10.1. The quantitative estimate of drug-likeness (QED) is 0.208. The number of nitrogens with zero attached hydrogens (tertiary/aromatic N) is 1. The maximum atomic E-state index is 6.20. The zero-order valence-electron chi connectivity index (χ0n) is 22.2. The van der Waals surface area contributed by atoms with Gasteiger partial charge in [-0.15, -0.1) is 11.8 Å². The highest BCUT2D eigenvalue weighted by Gasteiger charge is 2.19. The van der Waals surface area contributed by atoms with Gasteiger partial charge in [-0.05, 0) is 110 Å². The Kier molecular flexibility index (Phi) is 9.87. The molecule has 0 aromatic heterocycles. The van der Waals surface area contributed by atoms with Crippen LogP contribution in [-0.2, 0) is 6.42 Å². The number of fused-ring (bicyclic) bond motifs is 2. The monoisotopic (exact) mass is 525 g/mol. The van der Waals surface area contributed by atoms with Gasteiger partial charge >= 0.3 is 0 Å². The minimum Gasteiger partial charge on any atom is -0.454 e. The highest BCUT2D eigenvalue weighted by molar-refractivity contribution is 8.00. The molecular weight excluding hydrogens is 486 g/mol. The molecule has 3 aromatic rings. The van der Waals surface area contributed by atoms with Crippen molar-refractivity contribution in [3.63, 3.8) is 0 Å². The van der Waals surface area contributed by atoms with Crippen molar-refractivity contribution in [1.29, 1.82) is 0 Å². The average molecular weight is 526 g/mol. The Hall–Kier alpha value is -1.88. The largest absolute Gasteiger partial charge is 0.454 e. The van der Waals surface area contributed by atoms with Gasteiger partial charge in [0.15, 0.2) is 11.5 Å². The van der Waals surface area contributed by atoms with Crippen LogP contribution in [0.1, 0.15) is 57.6 Å². The summed E-state index contributed by atoms with van der Waals surface area (Å²) in [4.78, 5) is 3.85. The molecule has 2 atom stereocenters. The molecule has 194 valence electrons. The van der Waals surface area contributed by atoms with Gasteiger partial charge < -0.3 is 14.4 Å². The summed E-state index contributed by atoms with van der Waals surface area (Å²) >= 11 is 8.21. The van der Waals surface area contributed by atoms with Crippen molar-refractivity contribution in [1.82, 2.24) is 4.90 Å². The Morgan fingerprint density at radius 3 is 2.42 bits per heavy atom. The minimum absolute atomic E-state index is 0.322. The van der Waals surface area contributed by atoms with Crippen molar-refractivity contribution in [3.05, 3.63) is 64.7 Å². The van der Waals surface area contributed by atoms with E-state index in [9.17, 15) is 0 Å². The molecular formula is C31H40ClNO2S. The van der Waals surface area contributed by atoms with E-state index < -0.39 is 0 Å². The Labute approximate surface area is 226 Å². The third kappa shape index (κ3) is 7.34. The van der Waals surface area contributed by atoms with E-state index in [2.05, 4.69) is 69.0 Å². The van der Waals surface area contributed by atoms with Crippen molar-refractivity contribution >= 4 is 34.1 Å². The Bertz CT molecular complexity index is 1150. The SMILES string of the molecule is CCN(CC)CCC(C)CCCC(Cc1cc2c(cc1C)OCO2)Sc1ccc2cc(Cl)ccc2c1. The molecule has 0 saturated carbocycles. The highest BCUT2D eigenvalue weighted by atomic mass is 35.5. The number of thioether (sulfide) groups is 1. The molecule has 2 unspecified atom stereocenters. The van der Waals surface area contributed by atoms with E-state index >= 15 is 0 Å². The van der Waals surface area contributed by atoms with Gasteiger partial charge in [0.1, 0.15) is 0 Å². The minimum atomic E-state index is 0.322. The van der Waals surface area contributed by atoms with Crippen LogP contribution in [0.4, 0.5) is 0 Å². The first-order chi connectivity index (χ1) is 17.4. The van der Waals surface area contributed by atoms with Gasteiger partial charge in [-0.2, -0.15) is 0 Å². The summed E-state index contributed by atoms with van der Waals surface area (Å²) in [7, 11) is 0. The van der Waals surface area contributed by atoms with Crippen LogP contribution < -0.4 is 9.47 Å². The molecule has 0 amide bonds. The van der Waals surface area contributed by atoms with E-state index in [-0.39, 0.29) is 0 Å².